The molecule has 4 aromatic rings. The van der Waals surface area contributed by atoms with Crippen LogP contribution in [0.1, 0.15) is 35.2 Å². The van der Waals surface area contributed by atoms with Gasteiger partial charge in [-0.2, -0.15) is 5.10 Å². The van der Waals surface area contributed by atoms with Gasteiger partial charge < -0.3 is 16.0 Å². The third-order valence-electron chi connectivity index (χ3n) is 6.60. The number of sulfone groups is 1. The molecule has 0 saturated carbocycles. The number of benzene rings is 3. The number of carbonyl (C=O) groups is 1. The second-order valence-corrected chi connectivity index (χ2v) is 11.2. The number of anilines is 1. The molecule has 0 spiro atoms. The fraction of sp³-hybridized carbons (Fsp3) is 0.214. The SMILES string of the molecule is CC(NC(=O)Nc1ccc(S(=O)(=O)Cc2ccc3c(c2)CNC3)cc1-c1ccnn1C)c1ccccc1. The van der Waals surface area contributed by atoms with Crippen LogP contribution in [-0.2, 0) is 35.7 Å². The van der Waals surface area contributed by atoms with Gasteiger partial charge in [0, 0.05) is 31.9 Å². The van der Waals surface area contributed by atoms with Crippen LogP contribution in [0.15, 0.2) is 83.9 Å². The number of amides is 2. The van der Waals surface area contributed by atoms with Gasteiger partial charge in [0.05, 0.1) is 28.1 Å². The third-order valence-corrected chi connectivity index (χ3v) is 8.29. The van der Waals surface area contributed by atoms with Crippen molar-refractivity contribution < 1.29 is 13.2 Å². The lowest BCUT2D eigenvalue weighted by Crippen LogP contribution is -2.31. The molecule has 1 unspecified atom stereocenters. The highest BCUT2D eigenvalue weighted by Gasteiger charge is 2.21. The van der Waals surface area contributed by atoms with E-state index in [1.807, 2.05) is 55.5 Å². The third kappa shape index (κ3) is 5.42. The minimum Gasteiger partial charge on any atom is -0.331 e. The van der Waals surface area contributed by atoms with Crippen molar-refractivity contribution in [3.8, 4) is 11.3 Å². The minimum absolute atomic E-state index is 0.104. The number of fused-ring (bicyclic) bond motifs is 1. The summed E-state index contributed by atoms with van der Waals surface area (Å²) in [4.78, 5) is 13.0. The Kier molecular flexibility index (Phi) is 6.82. The van der Waals surface area contributed by atoms with Gasteiger partial charge in [-0.25, -0.2) is 13.2 Å². The summed E-state index contributed by atoms with van der Waals surface area (Å²) < 4.78 is 28.5. The Morgan fingerprint density at radius 2 is 1.81 bits per heavy atom. The van der Waals surface area contributed by atoms with E-state index in [2.05, 4.69) is 21.0 Å². The van der Waals surface area contributed by atoms with Gasteiger partial charge in [0.15, 0.2) is 9.84 Å². The molecule has 1 aromatic heterocycles. The Morgan fingerprint density at radius 1 is 1.03 bits per heavy atom. The van der Waals surface area contributed by atoms with Gasteiger partial charge in [0.1, 0.15) is 0 Å². The molecule has 0 fully saturated rings. The summed E-state index contributed by atoms with van der Waals surface area (Å²) in [6.07, 6.45) is 1.64. The van der Waals surface area contributed by atoms with Gasteiger partial charge in [0.2, 0.25) is 0 Å². The van der Waals surface area contributed by atoms with Crippen LogP contribution in [0.5, 0.6) is 0 Å². The van der Waals surface area contributed by atoms with Crippen LogP contribution >= 0.6 is 0 Å². The van der Waals surface area contributed by atoms with Crippen molar-refractivity contribution in [1.29, 1.82) is 0 Å². The summed E-state index contributed by atoms with van der Waals surface area (Å²) >= 11 is 0. The Hall–Kier alpha value is -3.95. The van der Waals surface area contributed by atoms with E-state index in [1.54, 1.807) is 42.2 Å². The largest absolute Gasteiger partial charge is 0.331 e. The molecule has 0 saturated heterocycles. The summed E-state index contributed by atoms with van der Waals surface area (Å²) in [6, 6.07) is 21.5. The number of rotatable bonds is 7. The van der Waals surface area contributed by atoms with E-state index in [-0.39, 0.29) is 22.7 Å². The highest BCUT2D eigenvalue weighted by atomic mass is 32.2. The average Bonchev–Trinajstić information content (AvgIpc) is 3.52. The van der Waals surface area contributed by atoms with Gasteiger partial charge in [-0.15, -0.1) is 0 Å². The molecule has 3 N–H and O–H groups in total. The summed E-state index contributed by atoms with van der Waals surface area (Å²) in [6.45, 7) is 3.46. The normalized spacial score (nSPS) is 13.7. The van der Waals surface area contributed by atoms with Crippen molar-refractivity contribution in [2.75, 3.05) is 5.32 Å². The molecule has 0 radical (unpaired) electrons. The van der Waals surface area contributed by atoms with E-state index in [0.29, 0.717) is 16.9 Å². The summed E-state index contributed by atoms with van der Waals surface area (Å²) in [5.74, 6) is -0.104. The first-order chi connectivity index (χ1) is 17.8. The first-order valence-electron chi connectivity index (χ1n) is 12.1. The summed E-state index contributed by atoms with van der Waals surface area (Å²) in [5.41, 5.74) is 5.82. The molecule has 1 aliphatic heterocycles. The van der Waals surface area contributed by atoms with Crippen LogP contribution in [0.25, 0.3) is 11.3 Å². The standard InChI is InChI=1S/C28H29N5O3S/c1-19(21-6-4-3-5-7-21)31-28(34)32-26-11-10-24(15-25(26)27-12-13-30-33(27)2)37(35,36)18-20-8-9-22-16-29-17-23(22)14-20/h3-15,19,29H,16-18H2,1-2H3,(H2,31,32,34). The molecule has 1 atom stereocenters. The molecule has 5 rings (SSSR count). The number of carbonyl (C=O) groups excluding carboxylic acids is 1. The average molecular weight is 516 g/mol. The predicted octanol–water partition coefficient (Wildman–Crippen LogP) is 4.55. The van der Waals surface area contributed by atoms with Crippen LogP contribution in [-0.4, -0.2) is 24.2 Å². The topological polar surface area (TPSA) is 105 Å². The quantitative estimate of drug-likeness (QED) is 0.335. The molecule has 37 heavy (non-hydrogen) atoms. The van der Waals surface area contributed by atoms with Crippen LogP contribution in [0.3, 0.4) is 0 Å². The fourth-order valence-corrected chi connectivity index (χ4v) is 5.95. The van der Waals surface area contributed by atoms with Crippen molar-refractivity contribution in [3.05, 3.63) is 101 Å². The maximum absolute atomic E-state index is 13.4. The molecule has 0 aliphatic carbocycles. The molecular formula is C28H29N5O3S. The second kappa shape index (κ2) is 10.2. The lowest BCUT2D eigenvalue weighted by molar-refractivity contribution is 0.249. The van der Waals surface area contributed by atoms with E-state index < -0.39 is 9.84 Å². The number of hydrogen-bond acceptors (Lipinski definition) is 5. The molecule has 1 aliphatic rings. The van der Waals surface area contributed by atoms with E-state index in [1.165, 1.54) is 5.56 Å². The Bertz CT molecular complexity index is 1550. The zero-order chi connectivity index (χ0) is 26.0. The Morgan fingerprint density at radius 3 is 2.57 bits per heavy atom. The number of nitrogens with one attached hydrogen (secondary N) is 3. The number of urea groups is 1. The molecule has 0 bridgehead atoms. The van der Waals surface area contributed by atoms with Crippen molar-refractivity contribution in [2.24, 2.45) is 7.05 Å². The van der Waals surface area contributed by atoms with Crippen molar-refractivity contribution in [3.63, 3.8) is 0 Å². The molecule has 8 nitrogen and oxygen atoms in total. The number of hydrogen-bond donors (Lipinski definition) is 3. The van der Waals surface area contributed by atoms with Crippen molar-refractivity contribution in [2.45, 2.75) is 36.7 Å². The smallest absolute Gasteiger partial charge is 0.319 e. The van der Waals surface area contributed by atoms with E-state index in [4.69, 9.17) is 0 Å². The number of aromatic nitrogens is 2. The monoisotopic (exact) mass is 515 g/mol. The fourth-order valence-electron chi connectivity index (χ4n) is 4.60. The van der Waals surface area contributed by atoms with E-state index in [9.17, 15) is 13.2 Å². The van der Waals surface area contributed by atoms with Gasteiger partial charge in [0.25, 0.3) is 0 Å². The van der Waals surface area contributed by atoms with Crippen molar-refractivity contribution >= 4 is 21.6 Å². The minimum atomic E-state index is -3.64. The van der Waals surface area contributed by atoms with Crippen LogP contribution in [0.2, 0.25) is 0 Å². The van der Waals surface area contributed by atoms with Gasteiger partial charge in [-0.3, -0.25) is 4.68 Å². The maximum atomic E-state index is 13.4. The first-order valence-corrected chi connectivity index (χ1v) is 13.7. The zero-order valence-electron chi connectivity index (χ0n) is 20.7. The summed E-state index contributed by atoms with van der Waals surface area (Å²) in [7, 11) is -1.86. The molecule has 3 aromatic carbocycles. The van der Waals surface area contributed by atoms with Crippen molar-refractivity contribution in [1.82, 2.24) is 20.4 Å². The van der Waals surface area contributed by atoms with Crippen LogP contribution < -0.4 is 16.0 Å². The second-order valence-electron chi connectivity index (χ2n) is 9.24. The van der Waals surface area contributed by atoms with E-state index in [0.717, 1.165) is 29.8 Å². The van der Waals surface area contributed by atoms with Crippen LogP contribution in [0.4, 0.5) is 10.5 Å². The Labute approximate surface area is 216 Å². The zero-order valence-corrected chi connectivity index (χ0v) is 21.5. The van der Waals surface area contributed by atoms with Gasteiger partial charge >= 0.3 is 6.03 Å². The summed E-state index contributed by atoms with van der Waals surface area (Å²) in [5, 5.41) is 13.3. The molecule has 9 heteroatoms. The molecule has 2 amide bonds. The molecule has 190 valence electrons. The predicted molar refractivity (Wildman–Crippen MR) is 144 cm³/mol. The Balaban J connectivity index is 1.42. The first kappa shape index (κ1) is 24.7. The highest BCUT2D eigenvalue weighted by molar-refractivity contribution is 7.90. The molecular weight excluding hydrogens is 486 g/mol. The van der Waals surface area contributed by atoms with Gasteiger partial charge in [-0.05, 0) is 53.4 Å². The maximum Gasteiger partial charge on any atom is 0.319 e. The number of nitrogens with zero attached hydrogens (tertiary/aromatic N) is 2. The lowest BCUT2D eigenvalue weighted by atomic mass is 10.1. The van der Waals surface area contributed by atoms with E-state index >= 15 is 0 Å². The number of aryl methyl sites for hydroxylation is 1. The molecule has 2 heterocycles. The van der Waals surface area contributed by atoms with Crippen LogP contribution in [0, 0.1) is 0 Å². The lowest BCUT2D eigenvalue weighted by Gasteiger charge is -2.17. The van der Waals surface area contributed by atoms with Gasteiger partial charge in [-0.1, -0.05) is 48.5 Å². The highest BCUT2D eigenvalue weighted by Crippen LogP contribution is 2.32.